The molecule has 1 amide bonds. The number of para-hydroxylation sites is 1. The van der Waals surface area contributed by atoms with Crippen LogP contribution in [0.15, 0.2) is 66.9 Å². The van der Waals surface area contributed by atoms with Crippen LogP contribution in [-0.2, 0) is 11.2 Å². The Morgan fingerprint density at radius 2 is 1.79 bits per heavy atom. The maximum Gasteiger partial charge on any atom is 0.573 e. The lowest BCUT2D eigenvalue weighted by atomic mass is 9.92. The highest BCUT2D eigenvalue weighted by molar-refractivity contribution is 5.99. The normalized spacial score (nSPS) is 13.1. The van der Waals surface area contributed by atoms with Gasteiger partial charge in [0.05, 0.1) is 30.4 Å². The molecule has 1 atom stereocenters. The third kappa shape index (κ3) is 6.15. The van der Waals surface area contributed by atoms with E-state index in [4.69, 9.17) is 0 Å². The number of methoxy groups -OCH3 is 1. The van der Waals surface area contributed by atoms with Crippen LogP contribution in [-0.4, -0.2) is 52.7 Å². The molecule has 204 valence electrons. The number of alkyl halides is 3. The highest BCUT2D eigenvalue weighted by Gasteiger charge is 2.35. The number of aromatic hydroxyl groups is 1. The molecule has 1 unspecified atom stereocenters. The Kier molecular flexibility index (Phi) is 7.55. The Bertz CT molecular complexity index is 1530. The van der Waals surface area contributed by atoms with E-state index >= 15 is 0 Å². The molecule has 0 saturated heterocycles. The number of nitrogens with one attached hydrogen (secondary N) is 2. The fourth-order valence-corrected chi connectivity index (χ4v) is 4.28. The number of aliphatic hydroxyl groups excluding tert-OH is 1. The zero-order valence-electron chi connectivity index (χ0n) is 20.9. The quantitative estimate of drug-likeness (QED) is 0.234. The number of hydrogen-bond acceptors (Lipinski definition) is 6. The van der Waals surface area contributed by atoms with E-state index in [0.29, 0.717) is 0 Å². The monoisotopic (exact) mass is 542 g/mol. The van der Waals surface area contributed by atoms with E-state index in [-0.39, 0.29) is 28.9 Å². The third-order valence-corrected chi connectivity index (χ3v) is 6.20. The number of amides is 1. The lowest BCUT2D eigenvalue weighted by molar-refractivity contribution is -0.274. The number of ether oxygens (including phenoxy) is 2. The third-order valence-electron chi connectivity index (χ3n) is 6.20. The number of hydrogen-bond donors (Lipinski definition) is 4. The summed E-state index contributed by atoms with van der Waals surface area (Å²) in [7, 11) is 1.18. The van der Waals surface area contributed by atoms with Crippen molar-refractivity contribution in [1.29, 1.82) is 0 Å². The number of aromatic amines is 1. The molecule has 4 aromatic rings. The van der Waals surface area contributed by atoms with Crippen LogP contribution in [0.4, 0.5) is 13.2 Å². The van der Waals surface area contributed by atoms with E-state index in [9.17, 15) is 33.0 Å². The number of halogens is 3. The van der Waals surface area contributed by atoms with Crippen molar-refractivity contribution in [2.45, 2.75) is 25.2 Å². The predicted molar refractivity (Wildman–Crippen MR) is 137 cm³/mol. The minimum atomic E-state index is -5.09. The van der Waals surface area contributed by atoms with Crippen LogP contribution in [0.1, 0.15) is 33.2 Å². The second-order valence-electron chi connectivity index (χ2n) is 9.19. The highest BCUT2D eigenvalue weighted by Crippen LogP contribution is 2.35. The van der Waals surface area contributed by atoms with E-state index in [0.717, 1.165) is 28.6 Å². The topological polar surface area (TPSA) is 121 Å². The van der Waals surface area contributed by atoms with E-state index in [1.807, 2.05) is 24.3 Å². The van der Waals surface area contributed by atoms with Crippen molar-refractivity contribution in [3.8, 4) is 22.6 Å². The Hall–Kier alpha value is -4.51. The minimum absolute atomic E-state index is 0.0780. The van der Waals surface area contributed by atoms with Crippen molar-refractivity contribution in [3.05, 3.63) is 83.6 Å². The number of rotatable bonds is 8. The summed E-state index contributed by atoms with van der Waals surface area (Å²) in [5, 5.41) is 24.1. The summed E-state index contributed by atoms with van der Waals surface area (Å²) >= 11 is 0. The molecule has 0 saturated carbocycles. The molecule has 0 bridgehead atoms. The largest absolute Gasteiger partial charge is 0.573 e. The summed E-state index contributed by atoms with van der Waals surface area (Å²) in [6.07, 6.45) is -3.19. The van der Waals surface area contributed by atoms with Gasteiger partial charge in [-0.15, -0.1) is 13.2 Å². The van der Waals surface area contributed by atoms with Crippen LogP contribution in [0.5, 0.6) is 11.5 Å². The van der Waals surface area contributed by atoms with Gasteiger partial charge in [0, 0.05) is 22.7 Å². The lowest BCUT2D eigenvalue weighted by Crippen LogP contribution is -2.50. The maximum atomic E-state index is 13.4. The number of H-pyrrole nitrogens is 1. The van der Waals surface area contributed by atoms with Crippen LogP contribution < -0.4 is 10.1 Å². The first-order chi connectivity index (χ1) is 18.4. The van der Waals surface area contributed by atoms with Crippen LogP contribution in [0.2, 0.25) is 0 Å². The van der Waals surface area contributed by atoms with Gasteiger partial charge < -0.3 is 30.0 Å². The molecule has 8 nitrogen and oxygen atoms in total. The molecule has 0 aliphatic heterocycles. The Morgan fingerprint density at radius 3 is 2.49 bits per heavy atom. The van der Waals surface area contributed by atoms with Crippen molar-refractivity contribution in [1.82, 2.24) is 10.3 Å². The van der Waals surface area contributed by atoms with Gasteiger partial charge >= 0.3 is 12.3 Å². The first-order valence-electron chi connectivity index (χ1n) is 11.7. The lowest BCUT2D eigenvalue weighted by Gasteiger charge is -2.29. The van der Waals surface area contributed by atoms with E-state index in [1.54, 1.807) is 13.1 Å². The van der Waals surface area contributed by atoms with Crippen LogP contribution in [0, 0.1) is 0 Å². The van der Waals surface area contributed by atoms with Crippen LogP contribution in [0.3, 0.4) is 0 Å². The molecule has 39 heavy (non-hydrogen) atoms. The average molecular weight is 543 g/mol. The molecular weight excluding hydrogens is 517 g/mol. The summed E-state index contributed by atoms with van der Waals surface area (Å²) < 4.78 is 48.3. The zero-order valence-corrected chi connectivity index (χ0v) is 20.9. The van der Waals surface area contributed by atoms with Crippen molar-refractivity contribution in [2.24, 2.45) is 0 Å². The summed E-state index contributed by atoms with van der Waals surface area (Å²) in [6, 6.07) is 14.5. The van der Waals surface area contributed by atoms with Crippen LogP contribution >= 0.6 is 0 Å². The Balaban J connectivity index is 1.72. The summed E-state index contributed by atoms with van der Waals surface area (Å²) in [5.41, 5.74) is 0.175. The first-order valence-corrected chi connectivity index (χ1v) is 11.7. The van der Waals surface area contributed by atoms with E-state index in [2.05, 4.69) is 19.8 Å². The molecule has 0 radical (unpaired) electrons. The molecule has 1 aromatic heterocycles. The summed E-state index contributed by atoms with van der Waals surface area (Å²) in [5.74, 6) is -2.70. The fraction of sp³-hybridized carbons (Fsp3) is 0.214. The second kappa shape index (κ2) is 10.7. The molecule has 11 heteroatoms. The second-order valence-corrected chi connectivity index (χ2v) is 9.19. The van der Waals surface area contributed by atoms with Crippen molar-refractivity contribution >= 4 is 22.8 Å². The molecule has 1 heterocycles. The number of carbonyl (C=O) groups is 2. The van der Waals surface area contributed by atoms with Crippen molar-refractivity contribution in [2.75, 3.05) is 13.7 Å². The van der Waals surface area contributed by atoms with E-state index in [1.165, 1.54) is 31.4 Å². The van der Waals surface area contributed by atoms with Gasteiger partial charge in [0.2, 0.25) is 0 Å². The molecule has 0 spiro atoms. The summed E-state index contributed by atoms with van der Waals surface area (Å²) in [4.78, 5) is 28.5. The van der Waals surface area contributed by atoms with Gasteiger partial charge in [0.1, 0.15) is 11.5 Å². The van der Waals surface area contributed by atoms with Gasteiger partial charge in [-0.05, 0) is 60.9 Å². The number of aliphatic hydroxyl groups is 1. The highest BCUT2D eigenvalue weighted by atomic mass is 19.4. The van der Waals surface area contributed by atoms with Crippen LogP contribution in [0.25, 0.3) is 22.0 Å². The molecule has 4 rings (SSSR count). The number of carbonyl (C=O) groups excluding carboxylic acids is 2. The smallest absolute Gasteiger partial charge is 0.507 e. The Labute approximate surface area is 221 Å². The van der Waals surface area contributed by atoms with E-state index < -0.39 is 41.7 Å². The molecule has 3 aromatic carbocycles. The first kappa shape index (κ1) is 27.5. The molecular formula is C28H25F3N2O6. The molecule has 0 fully saturated rings. The van der Waals surface area contributed by atoms with Gasteiger partial charge in [-0.25, -0.2) is 4.79 Å². The maximum absolute atomic E-state index is 13.4. The number of phenolic OH excluding ortho intramolecular Hbond substituents is 1. The zero-order chi connectivity index (χ0) is 28.4. The SMILES string of the molecule is COC(=O)c1ccc(O)c(-c2ccc(OC(F)(F)F)c(C(=O)NC(C)(CO)Cc3c[nH]c4ccccc34)c2)c1. The summed E-state index contributed by atoms with van der Waals surface area (Å²) in [6.45, 7) is 1.04. The Morgan fingerprint density at radius 1 is 1.05 bits per heavy atom. The van der Waals surface area contributed by atoms with Gasteiger partial charge in [-0.3, -0.25) is 4.79 Å². The molecule has 4 N–H and O–H groups in total. The van der Waals surface area contributed by atoms with Gasteiger partial charge in [0.25, 0.3) is 5.91 Å². The predicted octanol–water partition coefficient (Wildman–Crippen LogP) is 4.95. The van der Waals surface area contributed by atoms with Gasteiger partial charge in [-0.1, -0.05) is 24.3 Å². The number of phenols is 1. The molecule has 0 aliphatic carbocycles. The average Bonchev–Trinajstić information content (AvgIpc) is 3.30. The van der Waals surface area contributed by atoms with Crippen molar-refractivity contribution < 1.29 is 42.4 Å². The van der Waals surface area contributed by atoms with Crippen molar-refractivity contribution in [3.63, 3.8) is 0 Å². The van der Waals surface area contributed by atoms with Gasteiger partial charge in [-0.2, -0.15) is 0 Å². The number of benzene rings is 3. The standard InChI is InChI=1S/C28H25F3N2O6/c1-27(15-34,13-18-14-32-22-6-4-3-5-19(18)22)33-25(36)21-11-16(8-10-24(21)39-28(29,30)31)20-12-17(26(37)38-2)7-9-23(20)35/h3-12,14,32,34-35H,13,15H2,1-2H3,(H,33,36). The number of esters is 1. The van der Waals surface area contributed by atoms with Gasteiger partial charge in [0.15, 0.2) is 0 Å². The number of fused-ring (bicyclic) bond motifs is 1. The molecule has 0 aliphatic rings. The minimum Gasteiger partial charge on any atom is -0.507 e. The fourth-order valence-electron chi connectivity index (χ4n) is 4.28. The number of aromatic nitrogens is 1.